The van der Waals surface area contributed by atoms with Crippen molar-refractivity contribution in [1.82, 2.24) is 0 Å². The molecule has 0 N–H and O–H groups in total. The highest BCUT2D eigenvalue weighted by Gasteiger charge is 2.30. The molecule has 0 saturated heterocycles. The number of rotatable bonds is 7. The van der Waals surface area contributed by atoms with Crippen LogP contribution in [-0.2, 0) is 6.42 Å². The van der Waals surface area contributed by atoms with Crippen molar-refractivity contribution < 1.29 is 17.9 Å². The SMILES string of the molecule is N#C/C=C/[C@H]1CC[C@H](CCCCc2ccc(OC(F)(F)F)cc2)CC1. The molecule has 0 unspecified atom stereocenters. The molecule has 25 heavy (non-hydrogen) atoms. The number of unbranched alkanes of at least 4 members (excludes halogenated alkanes) is 1. The van der Waals surface area contributed by atoms with Gasteiger partial charge in [0.25, 0.3) is 0 Å². The molecule has 0 radical (unpaired) electrons. The molecule has 0 heterocycles. The van der Waals surface area contributed by atoms with Gasteiger partial charge >= 0.3 is 6.36 Å². The quantitative estimate of drug-likeness (QED) is 0.434. The number of hydrogen-bond donors (Lipinski definition) is 0. The smallest absolute Gasteiger partial charge is 0.406 e. The summed E-state index contributed by atoms with van der Waals surface area (Å²) in [6, 6.07) is 8.21. The van der Waals surface area contributed by atoms with Gasteiger partial charge in [-0.3, -0.25) is 0 Å². The fourth-order valence-corrected chi connectivity index (χ4v) is 3.47. The van der Waals surface area contributed by atoms with Crippen LogP contribution in [0.15, 0.2) is 36.4 Å². The fourth-order valence-electron chi connectivity index (χ4n) is 3.47. The number of hydrogen-bond acceptors (Lipinski definition) is 2. The van der Waals surface area contributed by atoms with Gasteiger partial charge in [0.1, 0.15) is 5.75 Å². The lowest BCUT2D eigenvalue weighted by molar-refractivity contribution is -0.274. The molecule has 1 aromatic rings. The highest BCUT2D eigenvalue weighted by molar-refractivity contribution is 5.27. The zero-order valence-electron chi connectivity index (χ0n) is 14.3. The Kier molecular flexibility index (Phi) is 7.36. The van der Waals surface area contributed by atoms with E-state index in [0.717, 1.165) is 30.7 Å². The van der Waals surface area contributed by atoms with E-state index in [2.05, 4.69) is 10.8 Å². The fraction of sp³-hybridized carbons (Fsp3) is 0.550. The number of nitriles is 1. The van der Waals surface area contributed by atoms with Gasteiger partial charge in [-0.25, -0.2) is 0 Å². The first-order chi connectivity index (χ1) is 12.0. The molecule has 0 bridgehead atoms. The number of nitrogens with zero attached hydrogens (tertiary/aromatic N) is 1. The van der Waals surface area contributed by atoms with E-state index in [1.165, 1.54) is 44.2 Å². The Balaban J connectivity index is 1.62. The molecule has 0 aliphatic heterocycles. The van der Waals surface area contributed by atoms with Gasteiger partial charge < -0.3 is 4.74 Å². The number of ether oxygens (including phenoxy) is 1. The van der Waals surface area contributed by atoms with Gasteiger partial charge in [-0.15, -0.1) is 13.2 Å². The van der Waals surface area contributed by atoms with Gasteiger partial charge in [0.05, 0.1) is 6.07 Å². The molecule has 2 nitrogen and oxygen atoms in total. The van der Waals surface area contributed by atoms with Crippen molar-refractivity contribution in [3.63, 3.8) is 0 Å². The van der Waals surface area contributed by atoms with Crippen molar-refractivity contribution >= 4 is 0 Å². The predicted molar refractivity (Wildman–Crippen MR) is 90.9 cm³/mol. The Morgan fingerprint density at radius 2 is 1.76 bits per heavy atom. The Bertz CT molecular complexity index is 578. The molecule has 1 aliphatic rings. The zero-order chi connectivity index (χ0) is 18.1. The number of halogens is 3. The van der Waals surface area contributed by atoms with Crippen molar-refractivity contribution in [2.45, 2.75) is 57.7 Å². The summed E-state index contributed by atoms with van der Waals surface area (Å²) in [5, 5.41) is 8.56. The molecular formula is C20H24F3NO. The van der Waals surface area contributed by atoms with Gasteiger partial charge in [0, 0.05) is 6.08 Å². The van der Waals surface area contributed by atoms with Crippen LogP contribution < -0.4 is 4.74 Å². The molecule has 0 atom stereocenters. The number of aryl methyl sites for hydroxylation is 1. The van der Waals surface area contributed by atoms with Crippen molar-refractivity contribution in [3.8, 4) is 11.8 Å². The van der Waals surface area contributed by atoms with E-state index in [-0.39, 0.29) is 5.75 Å². The Morgan fingerprint density at radius 3 is 2.36 bits per heavy atom. The van der Waals surface area contributed by atoms with Gasteiger partial charge in [-0.1, -0.05) is 31.1 Å². The van der Waals surface area contributed by atoms with Gasteiger partial charge in [-0.05, 0) is 68.1 Å². The van der Waals surface area contributed by atoms with Crippen molar-refractivity contribution in [2.24, 2.45) is 11.8 Å². The highest BCUT2D eigenvalue weighted by atomic mass is 19.4. The molecule has 1 fully saturated rings. The van der Waals surface area contributed by atoms with Crippen LogP contribution in [-0.4, -0.2) is 6.36 Å². The summed E-state index contributed by atoms with van der Waals surface area (Å²) in [6.07, 6.45) is 8.07. The van der Waals surface area contributed by atoms with Gasteiger partial charge in [0.15, 0.2) is 0 Å². The average molecular weight is 351 g/mol. The molecule has 0 amide bonds. The summed E-state index contributed by atoms with van der Waals surface area (Å²) in [7, 11) is 0. The van der Waals surface area contributed by atoms with Gasteiger partial charge in [-0.2, -0.15) is 5.26 Å². The Morgan fingerprint density at radius 1 is 1.08 bits per heavy atom. The summed E-state index contributed by atoms with van der Waals surface area (Å²) in [5.74, 6) is 1.17. The normalized spacial score (nSPS) is 21.2. The maximum absolute atomic E-state index is 12.1. The topological polar surface area (TPSA) is 33.0 Å². The van der Waals surface area contributed by atoms with Crippen LogP contribution in [0.4, 0.5) is 13.2 Å². The summed E-state index contributed by atoms with van der Waals surface area (Å²) >= 11 is 0. The molecule has 0 aromatic heterocycles. The average Bonchev–Trinajstić information content (AvgIpc) is 2.58. The molecule has 1 aliphatic carbocycles. The lowest BCUT2D eigenvalue weighted by Crippen LogP contribution is -2.17. The van der Waals surface area contributed by atoms with Crippen LogP contribution in [0.2, 0.25) is 0 Å². The number of benzene rings is 1. The highest BCUT2D eigenvalue weighted by Crippen LogP contribution is 2.32. The van der Waals surface area contributed by atoms with Crippen LogP contribution in [0, 0.1) is 23.2 Å². The second kappa shape index (κ2) is 9.50. The molecule has 2 rings (SSSR count). The number of alkyl halides is 3. The summed E-state index contributed by atoms with van der Waals surface area (Å²) < 4.78 is 40.2. The van der Waals surface area contributed by atoms with E-state index in [1.807, 2.05) is 6.08 Å². The van der Waals surface area contributed by atoms with E-state index in [0.29, 0.717) is 5.92 Å². The standard InChI is InChI=1S/C20H24F3NO/c21-20(22,23)25-19-13-11-17(12-14-19)5-2-1-4-16-7-9-18(10-8-16)6-3-15-24/h3,6,11-14,16,18H,1-2,4-5,7-10H2/b6-3+/t16-,18-. The third kappa shape index (κ3) is 7.64. The first-order valence-electron chi connectivity index (χ1n) is 8.87. The molecule has 1 aromatic carbocycles. The van der Waals surface area contributed by atoms with Crippen LogP contribution in [0.25, 0.3) is 0 Å². The first kappa shape index (κ1) is 19.4. The summed E-state index contributed by atoms with van der Waals surface area (Å²) in [5.41, 5.74) is 1.04. The maximum Gasteiger partial charge on any atom is 0.573 e. The molecular weight excluding hydrogens is 327 g/mol. The lowest BCUT2D eigenvalue weighted by atomic mass is 9.79. The van der Waals surface area contributed by atoms with E-state index in [1.54, 1.807) is 18.2 Å². The van der Waals surface area contributed by atoms with Crippen LogP contribution in [0.5, 0.6) is 5.75 Å². The minimum atomic E-state index is -4.63. The van der Waals surface area contributed by atoms with Crippen LogP contribution >= 0.6 is 0 Å². The third-order valence-electron chi connectivity index (χ3n) is 4.82. The Hall–Kier alpha value is -1.96. The minimum Gasteiger partial charge on any atom is -0.406 e. The van der Waals surface area contributed by atoms with Crippen LogP contribution in [0.1, 0.15) is 50.5 Å². The predicted octanol–water partition coefficient (Wildman–Crippen LogP) is 6.18. The Labute approximate surface area is 147 Å². The van der Waals surface area contributed by atoms with E-state index >= 15 is 0 Å². The monoisotopic (exact) mass is 351 g/mol. The van der Waals surface area contributed by atoms with Gasteiger partial charge in [0.2, 0.25) is 0 Å². The minimum absolute atomic E-state index is 0.168. The van der Waals surface area contributed by atoms with Crippen molar-refractivity contribution in [2.75, 3.05) is 0 Å². The first-order valence-corrected chi connectivity index (χ1v) is 8.87. The summed E-state index contributed by atoms with van der Waals surface area (Å²) in [4.78, 5) is 0. The molecule has 1 saturated carbocycles. The molecule has 5 heteroatoms. The number of allylic oxidation sites excluding steroid dienone is 2. The van der Waals surface area contributed by atoms with E-state index in [9.17, 15) is 13.2 Å². The van der Waals surface area contributed by atoms with E-state index < -0.39 is 6.36 Å². The third-order valence-corrected chi connectivity index (χ3v) is 4.82. The van der Waals surface area contributed by atoms with Crippen molar-refractivity contribution in [1.29, 1.82) is 5.26 Å². The summed E-state index contributed by atoms with van der Waals surface area (Å²) in [6.45, 7) is 0. The van der Waals surface area contributed by atoms with E-state index in [4.69, 9.17) is 5.26 Å². The molecule has 0 spiro atoms. The largest absolute Gasteiger partial charge is 0.573 e. The lowest BCUT2D eigenvalue weighted by Gasteiger charge is -2.26. The second-order valence-corrected chi connectivity index (χ2v) is 6.71. The second-order valence-electron chi connectivity index (χ2n) is 6.71. The molecule has 136 valence electrons. The van der Waals surface area contributed by atoms with Crippen molar-refractivity contribution in [3.05, 3.63) is 42.0 Å². The zero-order valence-corrected chi connectivity index (χ0v) is 14.3. The maximum atomic E-state index is 12.1. The van der Waals surface area contributed by atoms with Crippen LogP contribution in [0.3, 0.4) is 0 Å².